The highest BCUT2D eigenvalue weighted by Gasteiger charge is 2.30. The minimum atomic E-state index is -0.220. The number of anilines is 1. The lowest BCUT2D eigenvalue weighted by Gasteiger charge is -2.34. The molecule has 0 bridgehead atoms. The third kappa shape index (κ3) is 3.08. The standard InChI is InChI=1S/C17H16ClNO2S/c1-21-17(20)16-11-19(10-12-6-2-3-7-13(12)18)14-8-4-5-9-15(14)22-16/h2-9,16H,10-11H2,1H3/t16-/m0/s1. The summed E-state index contributed by atoms with van der Waals surface area (Å²) < 4.78 is 4.91. The molecule has 0 amide bonds. The molecule has 1 atom stereocenters. The van der Waals surface area contributed by atoms with Crippen LogP contribution in [-0.2, 0) is 16.1 Å². The van der Waals surface area contributed by atoms with Crippen molar-refractivity contribution in [1.29, 1.82) is 0 Å². The van der Waals surface area contributed by atoms with E-state index in [1.165, 1.54) is 7.11 Å². The zero-order valence-electron chi connectivity index (χ0n) is 12.2. The number of benzene rings is 2. The van der Waals surface area contributed by atoms with Crippen LogP contribution in [-0.4, -0.2) is 24.9 Å². The van der Waals surface area contributed by atoms with Gasteiger partial charge in [-0.05, 0) is 23.8 Å². The number of methoxy groups -OCH3 is 1. The molecular formula is C17H16ClNO2S. The van der Waals surface area contributed by atoms with Gasteiger partial charge in [0, 0.05) is 23.0 Å². The normalized spacial score (nSPS) is 17.0. The molecule has 0 aromatic heterocycles. The monoisotopic (exact) mass is 333 g/mol. The first-order valence-electron chi connectivity index (χ1n) is 7.01. The van der Waals surface area contributed by atoms with Crippen LogP contribution >= 0.6 is 23.4 Å². The second kappa shape index (κ2) is 6.63. The molecule has 0 saturated heterocycles. The number of hydrogen-bond acceptors (Lipinski definition) is 4. The SMILES string of the molecule is COC(=O)[C@@H]1CN(Cc2ccccc2Cl)c2ccccc2S1. The molecule has 2 aromatic rings. The van der Waals surface area contributed by atoms with Gasteiger partial charge in [-0.25, -0.2) is 0 Å². The topological polar surface area (TPSA) is 29.5 Å². The Morgan fingerprint density at radius 3 is 2.77 bits per heavy atom. The van der Waals surface area contributed by atoms with Gasteiger partial charge in [-0.2, -0.15) is 0 Å². The van der Waals surface area contributed by atoms with Crippen molar-refractivity contribution >= 4 is 35.0 Å². The van der Waals surface area contributed by atoms with E-state index in [0.717, 1.165) is 21.2 Å². The lowest BCUT2D eigenvalue weighted by atomic mass is 10.1. The number of carbonyl (C=O) groups excluding carboxylic acids is 1. The summed E-state index contributed by atoms with van der Waals surface area (Å²) in [5.74, 6) is -0.191. The summed E-state index contributed by atoms with van der Waals surface area (Å²) in [6, 6.07) is 15.9. The number of halogens is 1. The van der Waals surface area contributed by atoms with Gasteiger partial charge >= 0.3 is 5.97 Å². The first-order chi connectivity index (χ1) is 10.7. The average Bonchev–Trinajstić information content (AvgIpc) is 2.56. The predicted octanol–water partition coefficient (Wildman–Crippen LogP) is 3.99. The summed E-state index contributed by atoms with van der Waals surface area (Å²) >= 11 is 7.83. The van der Waals surface area contributed by atoms with Crippen LogP contribution in [0.1, 0.15) is 5.56 Å². The van der Waals surface area contributed by atoms with Gasteiger partial charge in [0.2, 0.25) is 0 Å². The van der Waals surface area contributed by atoms with E-state index in [9.17, 15) is 4.79 Å². The van der Waals surface area contributed by atoms with E-state index in [0.29, 0.717) is 13.1 Å². The quantitative estimate of drug-likeness (QED) is 0.794. The number of ether oxygens (including phenoxy) is 1. The van der Waals surface area contributed by atoms with Crippen LogP contribution in [0.3, 0.4) is 0 Å². The lowest BCUT2D eigenvalue weighted by Crippen LogP contribution is -2.38. The van der Waals surface area contributed by atoms with Gasteiger partial charge in [0.15, 0.2) is 0 Å². The van der Waals surface area contributed by atoms with Crippen LogP contribution in [0.15, 0.2) is 53.4 Å². The molecule has 1 heterocycles. The molecule has 114 valence electrons. The Balaban J connectivity index is 1.92. The summed E-state index contributed by atoms with van der Waals surface area (Å²) in [5.41, 5.74) is 2.18. The number of thioether (sulfide) groups is 1. The molecule has 0 saturated carbocycles. The summed E-state index contributed by atoms with van der Waals surface area (Å²) in [6.07, 6.45) is 0. The van der Waals surface area contributed by atoms with E-state index in [-0.39, 0.29) is 11.2 Å². The first-order valence-corrected chi connectivity index (χ1v) is 8.26. The summed E-state index contributed by atoms with van der Waals surface area (Å²) in [5, 5.41) is 0.523. The van der Waals surface area contributed by atoms with Crippen molar-refractivity contribution in [3.8, 4) is 0 Å². The molecule has 0 aliphatic carbocycles. The van der Waals surface area contributed by atoms with Gasteiger partial charge in [0.1, 0.15) is 5.25 Å². The van der Waals surface area contributed by atoms with Crippen molar-refractivity contribution in [2.24, 2.45) is 0 Å². The molecule has 5 heteroatoms. The molecule has 0 radical (unpaired) electrons. The Morgan fingerprint density at radius 2 is 2.00 bits per heavy atom. The number of esters is 1. The molecule has 0 unspecified atom stereocenters. The number of nitrogens with zero attached hydrogens (tertiary/aromatic N) is 1. The van der Waals surface area contributed by atoms with E-state index < -0.39 is 0 Å². The van der Waals surface area contributed by atoms with Crippen LogP contribution < -0.4 is 4.90 Å². The summed E-state index contributed by atoms with van der Waals surface area (Å²) in [7, 11) is 1.43. The molecule has 3 nitrogen and oxygen atoms in total. The predicted molar refractivity (Wildman–Crippen MR) is 90.6 cm³/mol. The fourth-order valence-corrected chi connectivity index (χ4v) is 3.97. The van der Waals surface area contributed by atoms with E-state index in [1.807, 2.05) is 42.5 Å². The average molecular weight is 334 g/mol. The lowest BCUT2D eigenvalue weighted by molar-refractivity contribution is -0.139. The second-order valence-electron chi connectivity index (χ2n) is 5.07. The zero-order valence-corrected chi connectivity index (χ0v) is 13.7. The molecule has 1 aliphatic heterocycles. The maximum absolute atomic E-state index is 11.9. The molecule has 1 aliphatic rings. The Labute approximate surface area is 139 Å². The highest BCUT2D eigenvalue weighted by molar-refractivity contribution is 8.00. The van der Waals surface area contributed by atoms with Gasteiger partial charge in [-0.1, -0.05) is 41.9 Å². The minimum Gasteiger partial charge on any atom is -0.468 e. The highest BCUT2D eigenvalue weighted by atomic mass is 35.5. The number of carbonyl (C=O) groups is 1. The van der Waals surface area contributed by atoms with Gasteiger partial charge in [0.05, 0.1) is 12.8 Å². The fourth-order valence-electron chi connectivity index (χ4n) is 2.54. The van der Waals surface area contributed by atoms with Crippen LogP contribution in [0.4, 0.5) is 5.69 Å². The van der Waals surface area contributed by atoms with Crippen molar-refractivity contribution in [2.45, 2.75) is 16.7 Å². The van der Waals surface area contributed by atoms with Crippen molar-refractivity contribution < 1.29 is 9.53 Å². The van der Waals surface area contributed by atoms with E-state index in [2.05, 4.69) is 11.0 Å². The Kier molecular flexibility index (Phi) is 4.60. The Hall–Kier alpha value is -1.65. The Bertz CT molecular complexity index is 692. The van der Waals surface area contributed by atoms with Gasteiger partial charge < -0.3 is 9.64 Å². The molecule has 22 heavy (non-hydrogen) atoms. The Morgan fingerprint density at radius 1 is 1.27 bits per heavy atom. The van der Waals surface area contributed by atoms with Crippen molar-refractivity contribution in [1.82, 2.24) is 0 Å². The highest BCUT2D eigenvalue weighted by Crippen LogP contribution is 2.39. The molecule has 0 N–H and O–H groups in total. The van der Waals surface area contributed by atoms with E-state index >= 15 is 0 Å². The van der Waals surface area contributed by atoms with Crippen LogP contribution in [0.25, 0.3) is 0 Å². The first kappa shape index (κ1) is 15.3. The molecule has 2 aromatic carbocycles. The summed E-state index contributed by atoms with van der Waals surface area (Å²) in [4.78, 5) is 15.2. The molecule has 0 spiro atoms. The van der Waals surface area contributed by atoms with Crippen molar-refractivity contribution in [3.05, 3.63) is 59.1 Å². The van der Waals surface area contributed by atoms with Crippen LogP contribution in [0.2, 0.25) is 5.02 Å². The second-order valence-corrected chi connectivity index (χ2v) is 6.72. The van der Waals surface area contributed by atoms with E-state index in [4.69, 9.17) is 16.3 Å². The molecular weight excluding hydrogens is 318 g/mol. The minimum absolute atomic E-state index is 0.191. The van der Waals surface area contributed by atoms with Crippen LogP contribution in [0, 0.1) is 0 Å². The van der Waals surface area contributed by atoms with Crippen molar-refractivity contribution in [3.63, 3.8) is 0 Å². The molecule has 0 fully saturated rings. The number of rotatable bonds is 3. The molecule has 3 rings (SSSR count). The van der Waals surface area contributed by atoms with E-state index in [1.54, 1.807) is 11.8 Å². The maximum atomic E-state index is 11.9. The largest absolute Gasteiger partial charge is 0.468 e. The number of para-hydroxylation sites is 1. The van der Waals surface area contributed by atoms with Gasteiger partial charge in [-0.15, -0.1) is 11.8 Å². The van der Waals surface area contributed by atoms with Gasteiger partial charge in [0.25, 0.3) is 0 Å². The zero-order chi connectivity index (χ0) is 15.5. The third-order valence-corrected chi connectivity index (χ3v) is 5.24. The van der Waals surface area contributed by atoms with Crippen molar-refractivity contribution in [2.75, 3.05) is 18.6 Å². The summed E-state index contributed by atoms with van der Waals surface area (Å²) in [6.45, 7) is 1.28. The smallest absolute Gasteiger partial charge is 0.320 e. The maximum Gasteiger partial charge on any atom is 0.320 e. The number of fused-ring (bicyclic) bond motifs is 1. The number of hydrogen-bond donors (Lipinski definition) is 0. The fraction of sp³-hybridized carbons (Fsp3) is 0.235. The van der Waals surface area contributed by atoms with Gasteiger partial charge in [-0.3, -0.25) is 4.79 Å². The van der Waals surface area contributed by atoms with Crippen LogP contribution in [0.5, 0.6) is 0 Å². The third-order valence-electron chi connectivity index (χ3n) is 3.64.